The molecular formula is C19H25N5O2. The van der Waals surface area contributed by atoms with Crippen molar-refractivity contribution in [3.63, 3.8) is 0 Å². The van der Waals surface area contributed by atoms with E-state index in [2.05, 4.69) is 20.2 Å². The largest absolute Gasteiger partial charge is 0.444 e. The van der Waals surface area contributed by atoms with Crippen LogP contribution in [0.5, 0.6) is 0 Å². The van der Waals surface area contributed by atoms with Gasteiger partial charge in [0, 0.05) is 35.8 Å². The zero-order valence-corrected chi connectivity index (χ0v) is 15.5. The van der Waals surface area contributed by atoms with Crippen LogP contribution in [0.4, 0.5) is 4.79 Å². The molecule has 0 spiro atoms. The fourth-order valence-electron chi connectivity index (χ4n) is 3.67. The lowest BCUT2D eigenvalue weighted by Crippen LogP contribution is -2.42. The molecule has 0 atom stereocenters. The Morgan fingerprint density at radius 3 is 2.77 bits per heavy atom. The summed E-state index contributed by atoms with van der Waals surface area (Å²) in [6.45, 7) is 7.20. The Labute approximate surface area is 152 Å². The molecule has 4 rings (SSSR count). The van der Waals surface area contributed by atoms with Crippen LogP contribution >= 0.6 is 0 Å². The van der Waals surface area contributed by atoms with Gasteiger partial charge in [0.05, 0.1) is 11.7 Å². The predicted molar refractivity (Wildman–Crippen MR) is 100.0 cm³/mol. The van der Waals surface area contributed by atoms with Crippen LogP contribution in [0.25, 0.3) is 21.9 Å². The quantitative estimate of drug-likeness (QED) is 0.735. The summed E-state index contributed by atoms with van der Waals surface area (Å²) in [7, 11) is 0. The molecule has 7 heteroatoms. The number of rotatable bonds is 2. The van der Waals surface area contributed by atoms with Crippen molar-refractivity contribution >= 4 is 28.0 Å². The minimum Gasteiger partial charge on any atom is -0.444 e. The summed E-state index contributed by atoms with van der Waals surface area (Å²) in [5.74, 6) is 0.537. The molecule has 1 aliphatic rings. The van der Waals surface area contributed by atoms with Gasteiger partial charge in [-0.1, -0.05) is 0 Å². The van der Waals surface area contributed by atoms with Gasteiger partial charge in [-0.05, 0) is 52.0 Å². The molecule has 1 fully saturated rings. The molecule has 1 aliphatic heterocycles. The fourth-order valence-corrected chi connectivity index (χ4v) is 3.67. The molecule has 1 saturated heterocycles. The molecule has 0 aliphatic carbocycles. The highest BCUT2D eigenvalue weighted by molar-refractivity contribution is 6.04. The molecule has 0 bridgehead atoms. The number of piperidine rings is 1. The van der Waals surface area contributed by atoms with Crippen molar-refractivity contribution in [3.8, 4) is 0 Å². The number of aromatic amines is 2. The minimum absolute atomic E-state index is 0.203. The van der Waals surface area contributed by atoms with Gasteiger partial charge >= 0.3 is 6.09 Å². The number of amides is 1. The van der Waals surface area contributed by atoms with Crippen LogP contribution < -0.4 is 0 Å². The maximum atomic E-state index is 12.2. The van der Waals surface area contributed by atoms with E-state index in [-0.39, 0.29) is 6.09 Å². The SMILES string of the molecule is CC(C)(C)OC(=O)N1CCC(Cc2[nH][nH]c3cnc4nccc4c23)CC1. The van der Waals surface area contributed by atoms with E-state index in [1.54, 1.807) is 6.20 Å². The van der Waals surface area contributed by atoms with Gasteiger partial charge < -0.3 is 14.7 Å². The Morgan fingerprint density at radius 1 is 1.27 bits per heavy atom. The molecule has 7 nitrogen and oxygen atoms in total. The fraction of sp³-hybridized carbons (Fsp3) is 0.526. The van der Waals surface area contributed by atoms with Gasteiger partial charge in [0.15, 0.2) is 5.65 Å². The van der Waals surface area contributed by atoms with Gasteiger partial charge in [-0.25, -0.2) is 14.8 Å². The van der Waals surface area contributed by atoms with Crippen LogP contribution in [0.1, 0.15) is 39.3 Å². The van der Waals surface area contributed by atoms with Gasteiger partial charge in [0.1, 0.15) is 5.60 Å². The number of aromatic nitrogens is 4. The van der Waals surface area contributed by atoms with Crippen LogP contribution in [0.3, 0.4) is 0 Å². The Hall–Kier alpha value is -2.57. The first-order valence-corrected chi connectivity index (χ1v) is 9.17. The number of likely N-dealkylation sites (tertiary alicyclic amines) is 1. The van der Waals surface area contributed by atoms with Gasteiger partial charge in [0.2, 0.25) is 0 Å². The molecule has 1 amide bonds. The number of carbonyl (C=O) groups excluding carboxylic acids is 1. The summed E-state index contributed by atoms with van der Waals surface area (Å²) in [4.78, 5) is 22.7. The number of nitrogens with one attached hydrogen (secondary N) is 2. The van der Waals surface area contributed by atoms with E-state index in [0.29, 0.717) is 5.92 Å². The molecule has 0 saturated carbocycles. The standard InChI is InChI=1S/C19H25N5O2/c1-19(2,3)26-18(25)24-8-5-12(6-9-24)10-14-16-13-4-7-20-17(13)21-11-15(16)23-22-14/h4,7,11-12,22-23H,5-6,8-10H2,1-3H3. The lowest BCUT2D eigenvalue weighted by molar-refractivity contribution is 0.0184. The highest BCUT2D eigenvalue weighted by Gasteiger charge is 2.27. The van der Waals surface area contributed by atoms with Crippen molar-refractivity contribution in [1.29, 1.82) is 0 Å². The highest BCUT2D eigenvalue weighted by Crippen LogP contribution is 2.29. The first kappa shape index (κ1) is 16.9. The second-order valence-electron chi connectivity index (χ2n) is 8.07. The van der Waals surface area contributed by atoms with E-state index in [1.807, 2.05) is 37.9 Å². The van der Waals surface area contributed by atoms with Crippen molar-refractivity contribution in [2.75, 3.05) is 13.1 Å². The Bertz CT molecular complexity index is 928. The van der Waals surface area contributed by atoms with Gasteiger partial charge in [-0.2, -0.15) is 0 Å². The lowest BCUT2D eigenvalue weighted by atomic mass is 9.91. The van der Waals surface area contributed by atoms with Gasteiger partial charge in [-0.15, -0.1) is 0 Å². The normalized spacial score (nSPS) is 16.5. The zero-order chi connectivity index (χ0) is 18.3. The molecule has 2 N–H and O–H groups in total. The number of ether oxygens (including phenoxy) is 1. The first-order chi connectivity index (χ1) is 12.4. The number of fused-ring (bicyclic) bond motifs is 3. The van der Waals surface area contributed by atoms with Crippen LogP contribution in [0, 0.1) is 5.92 Å². The zero-order valence-electron chi connectivity index (χ0n) is 15.5. The first-order valence-electron chi connectivity index (χ1n) is 9.17. The maximum Gasteiger partial charge on any atom is 0.410 e. The summed E-state index contributed by atoms with van der Waals surface area (Å²) in [5.41, 5.74) is 2.54. The monoisotopic (exact) mass is 355 g/mol. The van der Waals surface area contributed by atoms with E-state index in [0.717, 1.165) is 48.9 Å². The Kier molecular flexibility index (Phi) is 4.09. The summed E-state index contributed by atoms with van der Waals surface area (Å²) in [5, 5.41) is 8.79. The van der Waals surface area contributed by atoms with Crippen molar-refractivity contribution in [2.45, 2.75) is 45.6 Å². The van der Waals surface area contributed by atoms with E-state index >= 15 is 0 Å². The molecule has 3 aromatic rings. The average molecular weight is 355 g/mol. The molecule has 0 radical (unpaired) electrons. The average Bonchev–Trinajstić information content (AvgIpc) is 3.20. The molecule has 0 unspecified atom stereocenters. The number of nitrogens with zero attached hydrogens (tertiary/aromatic N) is 3. The van der Waals surface area contributed by atoms with Crippen molar-refractivity contribution in [1.82, 2.24) is 25.1 Å². The third-order valence-electron chi connectivity index (χ3n) is 4.94. The molecule has 4 heterocycles. The number of carbonyl (C=O) groups is 1. The molecule has 26 heavy (non-hydrogen) atoms. The van der Waals surface area contributed by atoms with E-state index in [1.165, 1.54) is 11.1 Å². The maximum absolute atomic E-state index is 12.2. The number of pyridine rings is 1. The van der Waals surface area contributed by atoms with E-state index < -0.39 is 5.60 Å². The highest BCUT2D eigenvalue weighted by atomic mass is 16.6. The Balaban J connectivity index is 1.44. The number of hydrogen-bond acceptors (Lipinski definition) is 4. The summed E-state index contributed by atoms with van der Waals surface area (Å²) < 4.78 is 5.48. The lowest BCUT2D eigenvalue weighted by Gasteiger charge is -2.33. The molecule has 3 aromatic heterocycles. The summed E-state index contributed by atoms with van der Waals surface area (Å²) in [6.07, 6.45) is 6.33. The van der Waals surface area contributed by atoms with Crippen molar-refractivity contribution in [3.05, 3.63) is 24.2 Å². The molecular weight excluding hydrogens is 330 g/mol. The summed E-state index contributed by atoms with van der Waals surface area (Å²) in [6, 6.07) is 2.01. The van der Waals surface area contributed by atoms with Gasteiger partial charge in [0.25, 0.3) is 0 Å². The van der Waals surface area contributed by atoms with Crippen LogP contribution in [0.15, 0.2) is 18.5 Å². The number of hydrogen-bond donors (Lipinski definition) is 2. The Morgan fingerprint density at radius 2 is 2.04 bits per heavy atom. The van der Waals surface area contributed by atoms with E-state index in [4.69, 9.17) is 4.74 Å². The minimum atomic E-state index is -0.445. The van der Waals surface area contributed by atoms with Crippen LogP contribution in [-0.2, 0) is 11.2 Å². The van der Waals surface area contributed by atoms with Crippen molar-refractivity contribution in [2.24, 2.45) is 5.92 Å². The second kappa shape index (κ2) is 6.30. The van der Waals surface area contributed by atoms with Gasteiger partial charge in [-0.3, -0.25) is 5.10 Å². The predicted octanol–water partition coefficient (Wildman–Crippen LogP) is 3.63. The third-order valence-corrected chi connectivity index (χ3v) is 4.94. The smallest absolute Gasteiger partial charge is 0.410 e. The summed E-state index contributed by atoms with van der Waals surface area (Å²) >= 11 is 0. The van der Waals surface area contributed by atoms with Crippen LogP contribution in [-0.4, -0.2) is 49.8 Å². The molecule has 0 aromatic carbocycles. The topological polar surface area (TPSA) is 86.9 Å². The van der Waals surface area contributed by atoms with Crippen LogP contribution in [0.2, 0.25) is 0 Å². The number of H-pyrrole nitrogens is 2. The third kappa shape index (κ3) is 3.25. The second-order valence-corrected chi connectivity index (χ2v) is 8.07. The molecule has 138 valence electrons. The van der Waals surface area contributed by atoms with E-state index in [9.17, 15) is 4.79 Å². The van der Waals surface area contributed by atoms with Crippen molar-refractivity contribution < 1.29 is 9.53 Å².